The maximum atomic E-state index is 11.3. The van der Waals surface area contributed by atoms with Gasteiger partial charge in [-0.1, -0.05) is 27.7 Å². The fraction of sp³-hybridized carbons (Fsp3) is 0.636. The van der Waals surface area contributed by atoms with Crippen LogP contribution >= 0.6 is 0 Å². The van der Waals surface area contributed by atoms with Gasteiger partial charge in [0.1, 0.15) is 0 Å². The van der Waals surface area contributed by atoms with Gasteiger partial charge in [-0.05, 0) is 11.3 Å². The van der Waals surface area contributed by atoms with Crippen LogP contribution in [-0.4, -0.2) is 16.5 Å². The first-order valence-electron chi connectivity index (χ1n) is 5.21. The molecule has 0 amide bonds. The molecule has 2 N–H and O–H groups in total. The van der Waals surface area contributed by atoms with Crippen molar-refractivity contribution in [2.75, 3.05) is 11.9 Å². The predicted molar refractivity (Wildman–Crippen MR) is 62.0 cm³/mol. The average molecular weight is 209 g/mol. The van der Waals surface area contributed by atoms with Crippen molar-refractivity contribution in [2.24, 2.45) is 11.3 Å². The molecular formula is C11H19N3O. The topological polar surface area (TPSA) is 57.8 Å². The van der Waals surface area contributed by atoms with Crippen LogP contribution < -0.4 is 10.9 Å². The Morgan fingerprint density at radius 2 is 2.20 bits per heavy atom. The van der Waals surface area contributed by atoms with Gasteiger partial charge in [-0.15, -0.1) is 0 Å². The summed E-state index contributed by atoms with van der Waals surface area (Å²) in [6, 6.07) is 0. The van der Waals surface area contributed by atoms with Crippen molar-refractivity contribution in [3.63, 3.8) is 0 Å². The van der Waals surface area contributed by atoms with E-state index in [-0.39, 0.29) is 11.0 Å². The molecule has 0 bridgehead atoms. The van der Waals surface area contributed by atoms with Gasteiger partial charge in [0.15, 0.2) is 5.82 Å². The SMILES string of the molecule is CC(C)C(C)(C)CNc1ncc[nH]c1=O. The summed E-state index contributed by atoms with van der Waals surface area (Å²) in [5.74, 6) is 0.944. The van der Waals surface area contributed by atoms with Crippen molar-refractivity contribution >= 4 is 5.82 Å². The van der Waals surface area contributed by atoms with Gasteiger partial charge in [-0.3, -0.25) is 4.79 Å². The molecule has 1 heterocycles. The minimum Gasteiger partial charge on any atom is -0.365 e. The molecule has 0 fully saturated rings. The van der Waals surface area contributed by atoms with Gasteiger partial charge in [0.2, 0.25) is 0 Å². The largest absolute Gasteiger partial charge is 0.365 e. The molecule has 0 aliphatic heterocycles. The van der Waals surface area contributed by atoms with Crippen LogP contribution in [0.4, 0.5) is 5.82 Å². The van der Waals surface area contributed by atoms with E-state index in [0.29, 0.717) is 11.7 Å². The molecule has 0 aliphatic carbocycles. The lowest BCUT2D eigenvalue weighted by molar-refractivity contribution is 0.269. The first-order chi connectivity index (χ1) is 6.93. The minimum atomic E-state index is -0.169. The monoisotopic (exact) mass is 209 g/mol. The Bertz CT molecular complexity index is 368. The van der Waals surface area contributed by atoms with Crippen LogP contribution in [0, 0.1) is 11.3 Å². The summed E-state index contributed by atoms with van der Waals surface area (Å²) >= 11 is 0. The van der Waals surface area contributed by atoms with Crippen LogP contribution in [0.2, 0.25) is 0 Å². The van der Waals surface area contributed by atoms with Gasteiger partial charge in [-0.2, -0.15) is 0 Å². The number of nitrogens with one attached hydrogen (secondary N) is 2. The molecular weight excluding hydrogens is 190 g/mol. The minimum absolute atomic E-state index is 0.143. The van der Waals surface area contributed by atoms with Crippen molar-refractivity contribution in [1.29, 1.82) is 0 Å². The third kappa shape index (κ3) is 3.08. The van der Waals surface area contributed by atoms with Crippen LogP contribution in [-0.2, 0) is 0 Å². The molecule has 1 rings (SSSR count). The van der Waals surface area contributed by atoms with E-state index in [1.165, 1.54) is 6.20 Å². The number of aromatic amines is 1. The number of aromatic nitrogens is 2. The van der Waals surface area contributed by atoms with E-state index < -0.39 is 0 Å². The highest BCUT2D eigenvalue weighted by atomic mass is 16.1. The Kier molecular flexibility index (Phi) is 3.50. The summed E-state index contributed by atoms with van der Waals surface area (Å²) in [4.78, 5) is 17.9. The second-order valence-electron chi connectivity index (χ2n) is 4.76. The smallest absolute Gasteiger partial charge is 0.290 e. The number of rotatable bonds is 4. The molecule has 0 atom stereocenters. The van der Waals surface area contributed by atoms with Crippen LogP contribution in [0.15, 0.2) is 17.2 Å². The number of anilines is 1. The number of hydrogen-bond donors (Lipinski definition) is 2. The Labute approximate surface area is 90.1 Å². The molecule has 4 nitrogen and oxygen atoms in total. The lowest BCUT2D eigenvalue weighted by atomic mass is 9.81. The van der Waals surface area contributed by atoms with Crippen molar-refractivity contribution in [2.45, 2.75) is 27.7 Å². The molecule has 0 spiro atoms. The summed E-state index contributed by atoms with van der Waals surface area (Å²) in [7, 11) is 0. The lowest BCUT2D eigenvalue weighted by Crippen LogP contribution is -2.30. The molecule has 1 aromatic rings. The van der Waals surface area contributed by atoms with E-state index in [9.17, 15) is 4.79 Å². The Hall–Kier alpha value is -1.32. The van der Waals surface area contributed by atoms with Gasteiger partial charge >= 0.3 is 0 Å². The maximum Gasteiger partial charge on any atom is 0.290 e. The predicted octanol–water partition coefficient (Wildman–Crippen LogP) is 1.86. The van der Waals surface area contributed by atoms with Crippen molar-refractivity contribution < 1.29 is 0 Å². The van der Waals surface area contributed by atoms with Gasteiger partial charge in [0, 0.05) is 18.9 Å². The highest BCUT2D eigenvalue weighted by Gasteiger charge is 2.22. The van der Waals surface area contributed by atoms with Crippen molar-refractivity contribution in [3.8, 4) is 0 Å². The number of H-pyrrole nitrogens is 1. The van der Waals surface area contributed by atoms with Gasteiger partial charge < -0.3 is 10.3 Å². The Balaban J connectivity index is 2.66. The normalized spacial score (nSPS) is 11.8. The summed E-state index contributed by atoms with van der Waals surface area (Å²) in [6.45, 7) is 9.42. The zero-order chi connectivity index (χ0) is 11.5. The first kappa shape index (κ1) is 11.8. The summed E-state index contributed by atoms with van der Waals surface area (Å²) in [5, 5.41) is 3.08. The quantitative estimate of drug-likeness (QED) is 0.795. The molecule has 15 heavy (non-hydrogen) atoms. The lowest BCUT2D eigenvalue weighted by Gasteiger charge is -2.29. The fourth-order valence-corrected chi connectivity index (χ4v) is 0.993. The number of hydrogen-bond acceptors (Lipinski definition) is 3. The van der Waals surface area contributed by atoms with Gasteiger partial charge in [-0.25, -0.2) is 4.98 Å². The average Bonchev–Trinajstić information content (AvgIpc) is 2.16. The maximum absolute atomic E-state index is 11.3. The summed E-state index contributed by atoms with van der Waals surface area (Å²) in [5.41, 5.74) is -0.0266. The second kappa shape index (κ2) is 4.47. The zero-order valence-corrected chi connectivity index (χ0v) is 9.79. The molecule has 84 valence electrons. The summed E-state index contributed by atoms with van der Waals surface area (Å²) in [6.07, 6.45) is 3.10. The highest BCUT2D eigenvalue weighted by Crippen LogP contribution is 2.25. The Morgan fingerprint density at radius 1 is 1.53 bits per heavy atom. The van der Waals surface area contributed by atoms with E-state index >= 15 is 0 Å². The molecule has 4 heteroatoms. The third-order valence-corrected chi connectivity index (χ3v) is 2.98. The molecule has 0 aliphatic rings. The molecule has 0 saturated carbocycles. The number of nitrogens with zero attached hydrogens (tertiary/aromatic N) is 1. The van der Waals surface area contributed by atoms with Gasteiger partial charge in [0.05, 0.1) is 0 Å². The molecule has 0 saturated heterocycles. The van der Waals surface area contributed by atoms with E-state index in [1.807, 2.05) is 0 Å². The molecule has 0 radical (unpaired) electrons. The van der Waals surface area contributed by atoms with E-state index in [2.05, 4.69) is 43.0 Å². The zero-order valence-electron chi connectivity index (χ0n) is 9.79. The second-order valence-corrected chi connectivity index (χ2v) is 4.76. The van der Waals surface area contributed by atoms with Crippen LogP contribution in [0.3, 0.4) is 0 Å². The Morgan fingerprint density at radius 3 is 2.73 bits per heavy atom. The standard InChI is InChI=1S/C11H19N3O/c1-8(2)11(3,4)7-14-9-10(15)13-6-5-12-9/h5-6,8H,7H2,1-4H3,(H,12,14)(H,13,15). The molecule has 0 aromatic carbocycles. The first-order valence-corrected chi connectivity index (χ1v) is 5.21. The van der Waals surface area contributed by atoms with E-state index in [0.717, 1.165) is 6.54 Å². The van der Waals surface area contributed by atoms with Crippen LogP contribution in [0.1, 0.15) is 27.7 Å². The van der Waals surface area contributed by atoms with E-state index in [4.69, 9.17) is 0 Å². The van der Waals surface area contributed by atoms with Crippen LogP contribution in [0.25, 0.3) is 0 Å². The molecule has 0 unspecified atom stereocenters. The van der Waals surface area contributed by atoms with Gasteiger partial charge in [0.25, 0.3) is 5.56 Å². The third-order valence-electron chi connectivity index (χ3n) is 2.98. The summed E-state index contributed by atoms with van der Waals surface area (Å²) < 4.78 is 0. The fourth-order valence-electron chi connectivity index (χ4n) is 0.993. The van der Waals surface area contributed by atoms with Crippen LogP contribution in [0.5, 0.6) is 0 Å². The molecule has 1 aromatic heterocycles. The van der Waals surface area contributed by atoms with E-state index in [1.54, 1.807) is 6.20 Å². The van der Waals surface area contributed by atoms with Crippen molar-refractivity contribution in [3.05, 3.63) is 22.7 Å². The van der Waals surface area contributed by atoms with Crippen molar-refractivity contribution in [1.82, 2.24) is 9.97 Å². The highest BCUT2D eigenvalue weighted by molar-refractivity contribution is 5.30.